The number of rotatable bonds is 1. The van der Waals surface area contributed by atoms with Gasteiger partial charge in [-0.3, -0.25) is 4.98 Å². The minimum absolute atomic E-state index is 0. The van der Waals surface area contributed by atoms with E-state index in [1.807, 2.05) is 18.2 Å². The molecule has 0 radical (unpaired) electrons. The molecule has 0 unspecified atom stereocenters. The number of hydrogen-bond acceptors (Lipinski definition) is 1. The first-order chi connectivity index (χ1) is 3.93. The van der Waals surface area contributed by atoms with E-state index in [2.05, 4.69) is 11.9 Å². The summed E-state index contributed by atoms with van der Waals surface area (Å²) in [5, 5.41) is 0. The predicted molar refractivity (Wildman–Crippen MR) is 46.1 cm³/mol. The fourth-order valence-electron chi connectivity index (χ4n) is 0.546. The zero-order valence-corrected chi connectivity index (χ0v) is 8.54. The summed E-state index contributed by atoms with van der Waals surface area (Å²) < 4.78 is 0. The molecule has 0 aliphatic heterocycles. The maximum Gasteiger partial charge on any atom is 0.0269 e. The largest absolute Gasteiger partial charge is 0.358 e. The Labute approximate surface area is 83.9 Å². The molecule has 0 aliphatic carbocycles. The summed E-state index contributed by atoms with van der Waals surface area (Å²) >= 11 is 0. The molecule has 0 N–H and O–H groups in total. The van der Waals surface area contributed by atoms with Gasteiger partial charge in [0.25, 0.3) is 0 Å². The number of hydrogen-bond donors (Lipinski definition) is 0. The normalized spacial score (nSPS) is 6.64. The summed E-state index contributed by atoms with van der Waals surface area (Å²) in [6.45, 7) is 3.69. The molecule has 68 valence electrons. The Morgan fingerprint density at radius 3 is 2.18 bits per heavy atom. The second-order valence-corrected chi connectivity index (χ2v) is 1.57. The van der Waals surface area contributed by atoms with Crippen LogP contribution in [0, 0.1) is 21.8 Å². The van der Waals surface area contributed by atoms with Crippen LogP contribution in [-0.4, -0.2) is 4.98 Å². The van der Waals surface area contributed by atoms with E-state index < -0.39 is 0 Å². The second-order valence-electron chi connectivity index (χ2n) is 1.57. The Balaban J connectivity index is -0.000000213. The summed E-state index contributed by atoms with van der Waals surface area (Å²) in [6.07, 6.45) is 2.56. The van der Waals surface area contributed by atoms with E-state index in [-0.39, 0.29) is 35.3 Å². The Kier molecular flexibility index (Phi) is 15.2. The summed E-state index contributed by atoms with van der Waals surface area (Å²) in [4.78, 5) is 4.03. The third-order valence-corrected chi connectivity index (χ3v) is 0.982. The maximum absolute atomic E-state index is 4.03. The van der Waals surface area contributed by atoms with E-state index >= 15 is 0 Å². The fourth-order valence-corrected chi connectivity index (χ4v) is 0.546. The molecule has 0 saturated carbocycles. The van der Waals surface area contributed by atoms with Crippen LogP contribution in [0.15, 0.2) is 24.4 Å². The Hall–Kier alpha value is -0.188. The zero-order valence-electron chi connectivity index (χ0n) is 6.99. The van der Waals surface area contributed by atoms with Gasteiger partial charge >= 0.3 is 0 Å². The molecule has 1 nitrogen and oxygen atoms in total. The molecule has 0 atom stereocenters. The van der Waals surface area contributed by atoms with Crippen molar-refractivity contribution >= 4 is 0 Å². The zero-order chi connectivity index (χ0) is 5.82. The third kappa shape index (κ3) is 6.22. The molecular weight excluding hydrogens is 229 g/mol. The molecule has 1 rings (SSSR count). The second kappa shape index (κ2) is 9.81. The van der Waals surface area contributed by atoms with Crippen LogP contribution < -0.4 is 0 Å². The van der Waals surface area contributed by atoms with Crippen LogP contribution in [0.1, 0.15) is 5.69 Å². The molecule has 0 aliphatic rings. The first kappa shape index (κ1) is 17.1. The Bertz CT molecular complexity index is 151. The van der Waals surface area contributed by atoms with Gasteiger partial charge in [0.05, 0.1) is 0 Å². The van der Waals surface area contributed by atoms with Gasteiger partial charge in [0, 0.05) is 32.3 Å². The van der Waals surface area contributed by atoms with Crippen molar-refractivity contribution in [3.05, 3.63) is 51.9 Å². The molecule has 0 fully saturated rings. The van der Waals surface area contributed by atoms with Crippen molar-refractivity contribution in [3.8, 4) is 0 Å². The standard InChI is InChI=1S/C7H8N.2CH3.Pd/c1-2-7-5-3-4-6-8-7;;;/h3-6H,1-2H2;2*1H3;/q3*-1;. The summed E-state index contributed by atoms with van der Waals surface area (Å²) in [5.74, 6) is 0. The van der Waals surface area contributed by atoms with Gasteiger partial charge in [-0.05, 0) is 12.1 Å². The van der Waals surface area contributed by atoms with E-state index in [9.17, 15) is 0 Å². The molecular formula is C9H14NPd-3. The SMILES string of the molecule is [CH2-]Cc1ccccn1.[CH3-].[CH3-].[Pd]. The summed E-state index contributed by atoms with van der Waals surface area (Å²) in [7, 11) is 0. The van der Waals surface area contributed by atoms with E-state index in [0.29, 0.717) is 0 Å². The van der Waals surface area contributed by atoms with Crippen LogP contribution in [0.3, 0.4) is 0 Å². The molecule has 11 heavy (non-hydrogen) atoms. The maximum atomic E-state index is 4.03. The van der Waals surface area contributed by atoms with E-state index in [1.165, 1.54) is 0 Å². The molecule has 0 spiro atoms. The van der Waals surface area contributed by atoms with Crippen LogP contribution in [0.2, 0.25) is 0 Å². The Morgan fingerprint density at radius 1 is 1.27 bits per heavy atom. The van der Waals surface area contributed by atoms with Gasteiger partial charge in [-0.2, -0.15) is 0 Å². The van der Waals surface area contributed by atoms with Crippen molar-refractivity contribution in [2.45, 2.75) is 6.42 Å². The summed E-state index contributed by atoms with van der Waals surface area (Å²) in [6, 6.07) is 5.83. The minimum atomic E-state index is 0. The topological polar surface area (TPSA) is 12.9 Å². The van der Waals surface area contributed by atoms with Gasteiger partial charge in [-0.15, -0.1) is 6.42 Å². The third-order valence-electron chi connectivity index (χ3n) is 0.982. The van der Waals surface area contributed by atoms with Gasteiger partial charge < -0.3 is 21.8 Å². The Morgan fingerprint density at radius 2 is 1.91 bits per heavy atom. The van der Waals surface area contributed by atoms with Crippen LogP contribution >= 0.6 is 0 Å². The van der Waals surface area contributed by atoms with Crippen molar-refractivity contribution in [2.24, 2.45) is 0 Å². The van der Waals surface area contributed by atoms with E-state index in [4.69, 9.17) is 0 Å². The first-order valence-corrected chi connectivity index (χ1v) is 2.62. The van der Waals surface area contributed by atoms with Crippen molar-refractivity contribution in [2.75, 3.05) is 0 Å². The molecule has 0 saturated heterocycles. The quantitative estimate of drug-likeness (QED) is 0.544. The molecule has 0 aromatic carbocycles. The van der Waals surface area contributed by atoms with E-state index in [1.54, 1.807) is 6.20 Å². The van der Waals surface area contributed by atoms with Crippen LogP contribution in [0.25, 0.3) is 0 Å². The van der Waals surface area contributed by atoms with Crippen molar-refractivity contribution in [1.29, 1.82) is 0 Å². The van der Waals surface area contributed by atoms with Gasteiger partial charge in [-0.25, -0.2) is 0 Å². The van der Waals surface area contributed by atoms with Gasteiger partial charge in [0.1, 0.15) is 0 Å². The summed E-state index contributed by atoms with van der Waals surface area (Å²) in [5.41, 5.74) is 1.05. The van der Waals surface area contributed by atoms with Crippen molar-refractivity contribution < 1.29 is 20.4 Å². The predicted octanol–water partition coefficient (Wildman–Crippen LogP) is 2.36. The van der Waals surface area contributed by atoms with E-state index in [0.717, 1.165) is 12.1 Å². The van der Waals surface area contributed by atoms with Crippen LogP contribution in [0.4, 0.5) is 0 Å². The van der Waals surface area contributed by atoms with Gasteiger partial charge in [0.15, 0.2) is 0 Å². The molecule has 1 aromatic rings. The molecule has 0 amide bonds. The average Bonchev–Trinajstić information content (AvgIpc) is 1.90. The fraction of sp³-hybridized carbons (Fsp3) is 0.111. The van der Waals surface area contributed by atoms with Crippen LogP contribution in [0.5, 0.6) is 0 Å². The van der Waals surface area contributed by atoms with Crippen molar-refractivity contribution in [1.82, 2.24) is 4.98 Å². The molecule has 1 heterocycles. The minimum Gasteiger partial charge on any atom is -0.358 e. The molecule has 1 aromatic heterocycles. The monoisotopic (exact) mass is 242 g/mol. The number of aromatic nitrogens is 1. The van der Waals surface area contributed by atoms with Gasteiger partial charge in [0.2, 0.25) is 0 Å². The smallest absolute Gasteiger partial charge is 0.0269 e. The number of pyridine rings is 1. The number of nitrogens with zero attached hydrogens (tertiary/aromatic N) is 1. The average molecular weight is 243 g/mol. The molecule has 2 heteroatoms. The van der Waals surface area contributed by atoms with Gasteiger partial charge in [-0.1, -0.05) is 6.07 Å². The van der Waals surface area contributed by atoms with Crippen molar-refractivity contribution in [3.63, 3.8) is 0 Å². The van der Waals surface area contributed by atoms with Crippen LogP contribution in [-0.2, 0) is 26.8 Å². The first-order valence-electron chi connectivity index (χ1n) is 2.62. The molecule has 0 bridgehead atoms.